The van der Waals surface area contributed by atoms with Crippen LogP contribution in [0.1, 0.15) is 18.4 Å². The molecule has 110 valence electrons. The number of hydrogen-bond donors (Lipinski definition) is 1. The predicted molar refractivity (Wildman–Crippen MR) is 69.9 cm³/mol. The zero-order valence-corrected chi connectivity index (χ0v) is 11.0. The van der Waals surface area contributed by atoms with Crippen molar-refractivity contribution in [3.63, 3.8) is 0 Å². The third-order valence-electron chi connectivity index (χ3n) is 3.65. The number of carbonyl (C=O) groups excluding carboxylic acids is 1. The van der Waals surface area contributed by atoms with E-state index in [-0.39, 0.29) is 38.3 Å². The second kappa shape index (κ2) is 5.73. The maximum atomic E-state index is 12.5. The number of nitrogen functional groups attached to an aromatic ring is 1. The van der Waals surface area contributed by atoms with E-state index in [2.05, 4.69) is 0 Å². The molecule has 0 aromatic heterocycles. The SMILES string of the molecule is Nc1ccc(CC(=O)N2CCC(C(F)(F)F)CC2)cc1. The predicted octanol–water partition coefficient (Wildman–Crippen LogP) is 2.61. The molecule has 0 unspecified atom stereocenters. The maximum Gasteiger partial charge on any atom is 0.391 e. The lowest BCUT2D eigenvalue weighted by atomic mass is 9.96. The van der Waals surface area contributed by atoms with Gasteiger partial charge in [-0.2, -0.15) is 13.2 Å². The van der Waals surface area contributed by atoms with Gasteiger partial charge in [-0.3, -0.25) is 4.79 Å². The second-order valence-corrected chi connectivity index (χ2v) is 5.12. The first-order chi connectivity index (χ1) is 9.36. The molecule has 1 aliphatic heterocycles. The van der Waals surface area contributed by atoms with Crippen LogP contribution in [-0.4, -0.2) is 30.1 Å². The minimum absolute atomic E-state index is 0.00300. The number of piperidine rings is 1. The lowest BCUT2D eigenvalue weighted by Gasteiger charge is -2.33. The molecule has 1 aromatic carbocycles. The fourth-order valence-corrected chi connectivity index (χ4v) is 2.38. The minimum atomic E-state index is -4.15. The molecule has 2 N–H and O–H groups in total. The van der Waals surface area contributed by atoms with Crippen LogP contribution in [0.5, 0.6) is 0 Å². The standard InChI is InChI=1S/C14H17F3N2O/c15-14(16,17)11-5-7-19(8-6-11)13(20)9-10-1-3-12(18)4-2-10/h1-4,11H,5-9,18H2. The van der Waals surface area contributed by atoms with E-state index in [1.54, 1.807) is 24.3 Å². The van der Waals surface area contributed by atoms with Gasteiger partial charge in [0.2, 0.25) is 5.91 Å². The number of benzene rings is 1. The Morgan fingerprint density at radius 1 is 1.20 bits per heavy atom. The van der Waals surface area contributed by atoms with Crippen LogP contribution in [0, 0.1) is 5.92 Å². The molecule has 0 saturated carbocycles. The summed E-state index contributed by atoms with van der Waals surface area (Å²) in [6.45, 7) is 0.357. The Morgan fingerprint density at radius 2 is 1.75 bits per heavy atom. The molecule has 1 saturated heterocycles. The first-order valence-electron chi connectivity index (χ1n) is 6.55. The molecule has 1 amide bonds. The van der Waals surface area contributed by atoms with Gasteiger partial charge in [-0.1, -0.05) is 12.1 Å². The second-order valence-electron chi connectivity index (χ2n) is 5.12. The molecule has 1 fully saturated rings. The van der Waals surface area contributed by atoms with Gasteiger partial charge in [0.25, 0.3) is 0 Å². The van der Waals surface area contributed by atoms with E-state index < -0.39 is 12.1 Å². The minimum Gasteiger partial charge on any atom is -0.399 e. The Kier molecular flexibility index (Phi) is 4.20. The Labute approximate surface area is 115 Å². The summed E-state index contributed by atoms with van der Waals surface area (Å²) in [5.41, 5.74) is 6.99. The average Bonchev–Trinajstić information content (AvgIpc) is 2.40. The van der Waals surface area contributed by atoms with E-state index in [1.807, 2.05) is 0 Å². The summed E-state index contributed by atoms with van der Waals surface area (Å²) in [5.74, 6) is -1.40. The smallest absolute Gasteiger partial charge is 0.391 e. The van der Waals surface area contributed by atoms with Gasteiger partial charge in [0, 0.05) is 18.8 Å². The molecule has 0 radical (unpaired) electrons. The van der Waals surface area contributed by atoms with E-state index >= 15 is 0 Å². The van der Waals surface area contributed by atoms with E-state index in [0.717, 1.165) is 5.56 Å². The van der Waals surface area contributed by atoms with Gasteiger partial charge >= 0.3 is 6.18 Å². The maximum absolute atomic E-state index is 12.5. The summed E-state index contributed by atoms with van der Waals surface area (Å²) in [6, 6.07) is 6.93. The number of likely N-dealkylation sites (tertiary alicyclic amines) is 1. The number of alkyl halides is 3. The number of nitrogens with two attached hydrogens (primary N) is 1. The van der Waals surface area contributed by atoms with E-state index in [9.17, 15) is 18.0 Å². The van der Waals surface area contributed by atoms with Crippen LogP contribution in [0.15, 0.2) is 24.3 Å². The zero-order valence-electron chi connectivity index (χ0n) is 11.0. The van der Waals surface area contributed by atoms with Gasteiger partial charge in [0.05, 0.1) is 12.3 Å². The summed E-state index contributed by atoms with van der Waals surface area (Å²) < 4.78 is 37.6. The molecule has 1 aliphatic rings. The van der Waals surface area contributed by atoms with Gasteiger partial charge < -0.3 is 10.6 Å². The molecule has 0 atom stereocenters. The normalized spacial score (nSPS) is 17.2. The van der Waals surface area contributed by atoms with Crippen molar-refractivity contribution < 1.29 is 18.0 Å². The monoisotopic (exact) mass is 286 g/mol. The molecular formula is C14H17F3N2O. The van der Waals surface area contributed by atoms with Crippen molar-refractivity contribution in [2.75, 3.05) is 18.8 Å². The van der Waals surface area contributed by atoms with Crippen molar-refractivity contribution in [2.45, 2.75) is 25.4 Å². The quantitative estimate of drug-likeness (QED) is 0.849. The van der Waals surface area contributed by atoms with Gasteiger partial charge in [0.15, 0.2) is 0 Å². The number of amides is 1. The molecule has 20 heavy (non-hydrogen) atoms. The molecule has 6 heteroatoms. The van der Waals surface area contributed by atoms with E-state index in [0.29, 0.717) is 5.69 Å². The largest absolute Gasteiger partial charge is 0.399 e. The van der Waals surface area contributed by atoms with Crippen LogP contribution in [0.25, 0.3) is 0 Å². The van der Waals surface area contributed by atoms with Crippen molar-refractivity contribution in [3.05, 3.63) is 29.8 Å². The van der Waals surface area contributed by atoms with Gasteiger partial charge in [0.1, 0.15) is 0 Å². The number of carbonyl (C=O) groups is 1. The van der Waals surface area contributed by atoms with Crippen LogP contribution in [0.2, 0.25) is 0 Å². The zero-order chi connectivity index (χ0) is 14.8. The lowest BCUT2D eigenvalue weighted by molar-refractivity contribution is -0.186. The van der Waals surface area contributed by atoms with Gasteiger partial charge in [-0.15, -0.1) is 0 Å². The van der Waals surface area contributed by atoms with Gasteiger partial charge in [-0.05, 0) is 30.5 Å². The Bertz CT molecular complexity index is 462. The number of hydrogen-bond acceptors (Lipinski definition) is 2. The van der Waals surface area contributed by atoms with Crippen LogP contribution >= 0.6 is 0 Å². The van der Waals surface area contributed by atoms with Crippen molar-refractivity contribution >= 4 is 11.6 Å². The van der Waals surface area contributed by atoms with Crippen molar-refractivity contribution in [1.29, 1.82) is 0 Å². The van der Waals surface area contributed by atoms with Crippen molar-refractivity contribution in [2.24, 2.45) is 5.92 Å². The molecule has 0 spiro atoms. The Morgan fingerprint density at radius 3 is 2.25 bits per heavy atom. The first-order valence-corrected chi connectivity index (χ1v) is 6.55. The summed E-state index contributed by atoms with van der Waals surface area (Å²) in [7, 11) is 0. The first kappa shape index (κ1) is 14.7. The number of anilines is 1. The molecule has 2 rings (SSSR count). The number of rotatable bonds is 2. The van der Waals surface area contributed by atoms with Crippen molar-refractivity contribution in [1.82, 2.24) is 4.90 Å². The fourth-order valence-electron chi connectivity index (χ4n) is 2.38. The van der Waals surface area contributed by atoms with Crippen LogP contribution in [-0.2, 0) is 11.2 Å². The van der Waals surface area contributed by atoms with E-state index in [4.69, 9.17) is 5.73 Å². The molecular weight excluding hydrogens is 269 g/mol. The van der Waals surface area contributed by atoms with Crippen molar-refractivity contribution in [3.8, 4) is 0 Å². The molecule has 1 aromatic rings. The van der Waals surface area contributed by atoms with Gasteiger partial charge in [-0.25, -0.2) is 0 Å². The average molecular weight is 286 g/mol. The molecule has 3 nitrogen and oxygen atoms in total. The highest BCUT2D eigenvalue weighted by atomic mass is 19.4. The highest BCUT2D eigenvalue weighted by Gasteiger charge is 2.41. The Hall–Kier alpha value is -1.72. The van der Waals surface area contributed by atoms with E-state index in [1.165, 1.54) is 4.90 Å². The number of halogens is 3. The highest BCUT2D eigenvalue weighted by Crippen LogP contribution is 2.34. The summed E-state index contributed by atoms with van der Waals surface area (Å²) in [6.07, 6.45) is -3.95. The van der Waals surface area contributed by atoms with Crippen LogP contribution in [0.4, 0.5) is 18.9 Å². The highest BCUT2D eigenvalue weighted by molar-refractivity contribution is 5.79. The topological polar surface area (TPSA) is 46.3 Å². The third kappa shape index (κ3) is 3.65. The molecule has 0 bridgehead atoms. The lowest BCUT2D eigenvalue weighted by Crippen LogP contribution is -2.42. The van der Waals surface area contributed by atoms with Crippen LogP contribution < -0.4 is 5.73 Å². The molecule has 0 aliphatic carbocycles. The fraction of sp³-hybridized carbons (Fsp3) is 0.500. The Balaban J connectivity index is 1.87. The third-order valence-corrected chi connectivity index (χ3v) is 3.65. The number of nitrogens with zero attached hydrogens (tertiary/aromatic N) is 1. The summed E-state index contributed by atoms with van der Waals surface area (Å²) in [5, 5.41) is 0. The van der Waals surface area contributed by atoms with Crippen LogP contribution in [0.3, 0.4) is 0 Å². The summed E-state index contributed by atoms with van der Waals surface area (Å²) >= 11 is 0. The molecule has 1 heterocycles. The summed E-state index contributed by atoms with van der Waals surface area (Å²) in [4.78, 5) is 13.5.